The zero-order valence-electron chi connectivity index (χ0n) is 19.7. The van der Waals surface area contributed by atoms with Gasteiger partial charge in [-0.2, -0.15) is 0 Å². The molecule has 0 aliphatic heterocycles. The Hall–Kier alpha value is -4.04. The molecule has 0 aromatic heterocycles. The first-order valence-electron chi connectivity index (χ1n) is 10.9. The number of ether oxygens (including phenoxy) is 2. The van der Waals surface area contributed by atoms with Gasteiger partial charge in [0.25, 0.3) is 15.9 Å². The molecule has 0 radical (unpaired) electrons. The van der Waals surface area contributed by atoms with Crippen LogP contribution in [0, 0.1) is 0 Å². The van der Waals surface area contributed by atoms with Crippen molar-refractivity contribution in [2.24, 2.45) is 0 Å². The quantitative estimate of drug-likeness (QED) is 0.379. The summed E-state index contributed by atoms with van der Waals surface area (Å²) < 4.78 is 38.3. The maximum Gasteiger partial charge on any atom is 0.261 e. The molecular formula is C27H26N2O5S. The second kappa shape index (κ2) is 10.1. The molecular weight excluding hydrogens is 464 g/mol. The standard InChI is InChI=1S/C27H26N2O5S/c1-29(18-19-4-5-22-17-25(34-3)11-6-21(22)16-19)27(30)20-7-14-26(15-8-20)35(31,32)28-23-9-12-24(33-2)13-10-23/h4-17,28H,18H2,1-3H3. The largest absolute Gasteiger partial charge is 0.497 e. The minimum absolute atomic E-state index is 0.0671. The molecule has 4 aromatic carbocycles. The van der Waals surface area contributed by atoms with Crippen molar-refractivity contribution >= 4 is 32.4 Å². The number of nitrogens with one attached hydrogen (secondary N) is 1. The van der Waals surface area contributed by atoms with Gasteiger partial charge in [-0.3, -0.25) is 9.52 Å². The summed E-state index contributed by atoms with van der Waals surface area (Å²) in [5, 5.41) is 2.12. The van der Waals surface area contributed by atoms with Gasteiger partial charge in [-0.25, -0.2) is 8.42 Å². The molecule has 0 aliphatic rings. The van der Waals surface area contributed by atoms with Crippen molar-refractivity contribution < 1.29 is 22.7 Å². The molecule has 1 amide bonds. The number of benzene rings is 4. The van der Waals surface area contributed by atoms with Crippen LogP contribution in [0.3, 0.4) is 0 Å². The molecule has 0 spiro atoms. The van der Waals surface area contributed by atoms with E-state index in [-0.39, 0.29) is 10.8 Å². The van der Waals surface area contributed by atoms with Crippen LogP contribution in [0.4, 0.5) is 5.69 Å². The number of sulfonamides is 1. The van der Waals surface area contributed by atoms with Crippen LogP contribution in [-0.2, 0) is 16.6 Å². The molecule has 0 saturated heterocycles. The number of anilines is 1. The molecule has 0 fully saturated rings. The molecule has 7 nitrogen and oxygen atoms in total. The van der Waals surface area contributed by atoms with Crippen LogP contribution in [0.25, 0.3) is 10.8 Å². The highest BCUT2D eigenvalue weighted by atomic mass is 32.2. The third-order valence-electron chi connectivity index (χ3n) is 5.63. The van der Waals surface area contributed by atoms with Crippen molar-refractivity contribution in [2.45, 2.75) is 11.4 Å². The van der Waals surface area contributed by atoms with Crippen LogP contribution in [0.5, 0.6) is 11.5 Å². The molecule has 0 bridgehead atoms. The van der Waals surface area contributed by atoms with Crippen molar-refractivity contribution in [1.29, 1.82) is 0 Å². The van der Waals surface area contributed by atoms with Crippen LogP contribution in [0.1, 0.15) is 15.9 Å². The summed E-state index contributed by atoms with van der Waals surface area (Å²) >= 11 is 0. The predicted molar refractivity (Wildman–Crippen MR) is 137 cm³/mol. The van der Waals surface area contributed by atoms with Gasteiger partial charge in [-0.05, 0) is 83.1 Å². The topological polar surface area (TPSA) is 84.9 Å². The third-order valence-corrected chi connectivity index (χ3v) is 7.03. The first-order chi connectivity index (χ1) is 16.8. The maximum absolute atomic E-state index is 12.9. The Bertz CT molecular complexity index is 1450. The van der Waals surface area contributed by atoms with Crippen molar-refractivity contribution in [1.82, 2.24) is 4.90 Å². The van der Waals surface area contributed by atoms with Gasteiger partial charge in [0.15, 0.2) is 0 Å². The highest BCUT2D eigenvalue weighted by Crippen LogP contribution is 2.23. The van der Waals surface area contributed by atoms with Crippen LogP contribution in [-0.4, -0.2) is 40.5 Å². The Balaban J connectivity index is 1.44. The molecule has 4 rings (SSSR count). The van der Waals surface area contributed by atoms with Gasteiger partial charge in [0.05, 0.1) is 19.1 Å². The normalized spacial score (nSPS) is 11.2. The number of hydrogen-bond donors (Lipinski definition) is 1. The van der Waals surface area contributed by atoms with Crippen molar-refractivity contribution in [3.05, 3.63) is 96.1 Å². The van der Waals surface area contributed by atoms with E-state index in [4.69, 9.17) is 9.47 Å². The van der Waals surface area contributed by atoms with Gasteiger partial charge in [-0.15, -0.1) is 0 Å². The average molecular weight is 491 g/mol. The molecule has 35 heavy (non-hydrogen) atoms. The van der Waals surface area contributed by atoms with E-state index < -0.39 is 10.0 Å². The summed E-state index contributed by atoms with van der Waals surface area (Å²) in [5.74, 6) is 1.22. The Labute approximate surface area is 205 Å². The van der Waals surface area contributed by atoms with Crippen LogP contribution in [0.2, 0.25) is 0 Å². The number of carbonyl (C=O) groups excluding carboxylic acids is 1. The molecule has 0 saturated carbocycles. The molecule has 1 N–H and O–H groups in total. The smallest absolute Gasteiger partial charge is 0.261 e. The summed E-state index contributed by atoms with van der Waals surface area (Å²) in [6.45, 7) is 0.417. The number of hydrogen-bond acceptors (Lipinski definition) is 5. The second-order valence-electron chi connectivity index (χ2n) is 8.07. The number of nitrogens with zero attached hydrogens (tertiary/aromatic N) is 1. The monoisotopic (exact) mass is 490 g/mol. The fourth-order valence-electron chi connectivity index (χ4n) is 3.71. The van der Waals surface area contributed by atoms with E-state index in [1.807, 2.05) is 36.4 Å². The molecule has 4 aromatic rings. The van der Waals surface area contributed by atoms with E-state index in [0.29, 0.717) is 23.5 Å². The highest BCUT2D eigenvalue weighted by Gasteiger charge is 2.17. The summed E-state index contributed by atoms with van der Waals surface area (Å²) in [6, 6.07) is 24.3. The Morgan fingerprint density at radius 1 is 0.800 bits per heavy atom. The Kier molecular flexibility index (Phi) is 6.93. The lowest BCUT2D eigenvalue weighted by Crippen LogP contribution is -2.26. The zero-order chi connectivity index (χ0) is 25.0. The fourth-order valence-corrected chi connectivity index (χ4v) is 4.77. The van der Waals surface area contributed by atoms with E-state index in [9.17, 15) is 13.2 Å². The summed E-state index contributed by atoms with van der Waals surface area (Å²) in [5.41, 5.74) is 1.81. The van der Waals surface area contributed by atoms with Gasteiger partial charge >= 0.3 is 0 Å². The molecule has 0 aliphatic carbocycles. The lowest BCUT2D eigenvalue weighted by atomic mass is 10.1. The molecule has 0 atom stereocenters. The SMILES string of the molecule is COc1ccc(NS(=O)(=O)c2ccc(C(=O)N(C)Cc3ccc4cc(OC)ccc4c3)cc2)cc1. The summed E-state index contributed by atoms with van der Waals surface area (Å²) in [6.07, 6.45) is 0. The zero-order valence-corrected chi connectivity index (χ0v) is 20.5. The van der Waals surface area contributed by atoms with Crippen molar-refractivity contribution in [3.63, 3.8) is 0 Å². The first kappa shape index (κ1) is 24.1. The van der Waals surface area contributed by atoms with Gasteiger partial charge in [0.1, 0.15) is 11.5 Å². The van der Waals surface area contributed by atoms with Gasteiger partial charge < -0.3 is 14.4 Å². The van der Waals surface area contributed by atoms with Gasteiger partial charge in [0, 0.05) is 24.8 Å². The Morgan fingerprint density at radius 3 is 2.06 bits per heavy atom. The first-order valence-corrected chi connectivity index (χ1v) is 12.4. The lowest BCUT2D eigenvalue weighted by molar-refractivity contribution is 0.0785. The number of carbonyl (C=O) groups is 1. The average Bonchev–Trinajstić information content (AvgIpc) is 2.88. The summed E-state index contributed by atoms with van der Waals surface area (Å²) in [7, 11) is 1.10. The van der Waals surface area contributed by atoms with Crippen molar-refractivity contribution in [2.75, 3.05) is 26.0 Å². The van der Waals surface area contributed by atoms with Gasteiger partial charge in [-0.1, -0.05) is 18.2 Å². The maximum atomic E-state index is 12.9. The summed E-state index contributed by atoms with van der Waals surface area (Å²) in [4.78, 5) is 14.6. The minimum Gasteiger partial charge on any atom is -0.497 e. The van der Waals surface area contributed by atoms with Crippen LogP contribution in [0.15, 0.2) is 89.8 Å². The number of amides is 1. The van der Waals surface area contributed by atoms with E-state index >= 15 is 0 Å². The van der Waals surface area contributed by atoms with E-state index in [1.165, 1.54) is 24.3 Å². The molecule has 8 heteroatoms. The number of rotatable bonds is 8. The fraction of sp³-hybridized carbons (Fsp3) is 0.148. The third kappa shape index (κ3) is 5.55. The minimum atomic E-state index is -3.79. The number of fused-ring (bicyclic) bond motifs is 1. The second-order valence-corrected chi connectivity index (χ2v) is 9.75. The van der Waals surface area contributed by atoms with Crippen LogP contribution < -0.4 is 14.2 Å². The molecule has 0 heterocycles. The molecule has 0 unspecified atom stereocenters. The van der Waals surface area contributed by atoms with E-state index in [1.54, 1.807) is 50.4 Å². The molecule has 180 valence electrons. The predicted octanol–water partition coefficient (Wildman–Crippen LogP) is 4.93. The van der Waals surface area contributed by atoms with E-state index in [0.717, 1.165) is 22.1 Å². The van der Waals surface area contributed by atoms with Crippen molar-refractivity contribution in [3.8, 4) is 11.5 Å². The Morgan fingerprint density at radius 2 is 1.40 bits per heavy atom. The van der Waals surface area contributed by atoms with Crippen LogP contribution >= 0.6 is 0 Å². The number of methoxy groups -OCH3 is 2. The van der Waals surface area contributed by atoms with Gasteiger partial charge in [0.2, 0.25) is 0 Å². The lowest BCUT2D eigenvalue weighted by Gasteiger charge is -2.18. The highest BCUT2D eigenvalue weighted by molar-refractivity contribution is 7.92. The van der Waals surface area contributed by atoms with E-state index in [2.05, 4.69) is 4.72 Å².